The molecule has 3 aromatic rings. The number of aromatic nitrogens is 3. The molecule has 1 aliphatic rings. The first-order valence-corrected chi connectivity index (χ1v) is 10.9. The lowest BCUT2D eigenvalue weighted by Crippen LogP contribution is -2.39. The number of ether oxygens (including phenoxy) is 4. The van der Waals surface area contributed by atoms with Crippen molar-refractivity contribution >= 4 is 44.7 Å². The average molecular weight is 530 g/mol. The largest absolute Gasteiger partial charge is 0.459 e. The maximum absolute atomic E-state index is 12.4. The molecule has 0 unspecified atom stereocenters. The number of fused-ring (bicyclic) bond motifs is 1. The van der Waals surface area contributed by atoms with E-state index in [0.29, 0.717) is 21.2 Å². The fourth-order valence-corrected chi connectivity index (χ4v) is 4.59. The van der Waals surface area contributed by atoms with Crippen molar-refractivity contribution < 1.29 is 28.5 Å². The van der Waals surface area contributed by atoms with E-state index in [1.54, 1.807) is 34.9 Å². The van der Waals surface area contributed by atoms with Gasteiger partial charge in [-0.1, -0.05) is 18.2 Å². The summed E-state index contributed by atoms with van der Waals surface area (Å²) in [6, 6.07) is 10.6. The Morgan fingerprint density at radius 1 is 1.26 bits per heavy atom. The Hall–Kier alpha value is -3.53. The number of rotatable bonds is 6. The second-order valence-electron chi connectivity index (χ2n) is 7.41. The second-order valence-corrected chi connectivity index (χ2v) is 8.16. The zero-order valence-corrected chi connectivity index (χ0v) is 19.8. The van der Waals surface area contributed by atoms with Crippen LogP contribution in [0.5, 0.6) is 0 Å². The van der Waals surface area contributed by atoms with Crippen molar-refractivity contribution in [2.45, 2.75) is 31.5 Å². The Bertz CT molecular complexity index is 1270. The van der Waals surface area contributed by atoms with Gasteiger partial charge in [-0.2, -0.15) is 5.26 Å². The third kappa shape index (κ3) is 4.21. The van der Waals surface area contributed by atoms with E-state index in [1.807, 2.05) is 0 Å². The summed E-state index contributed by atoms with van der Waals surface area (Å²) in [5, 5.41) is 10.0. The summed E-state index contributed by atoms with van der Waals surface area (Å²) >= 11 is 3.42. The summed E-state index contributed by atoms with van der Waals surface area (Å²) in [5.74, 6) is -0.990. The van der Waals surface area contributed by atoms with Gasteiger partial charge in [-0.3, -0.25) is 9.36 Å². The van der Waals surface area contributed by atoms with Crippen molar-refractivity contribution in [3.05, 3.63) is 52.4 Å². The highest BCUT2D eigenvalue weighted by atomic mass is 79.9. The van der Waals surface area contributed by atoms with Crippen molar-refractivity contribution in [2.24, 2.45) is 0 Å². The number of carbonyl (C=O) groups excluding carboxylic acids is 2. The molecule has 0 amide bonds. The average Bonchev–Trinajstić information content (AvgIpc) is 3.31. The van der Waals surface area contributed by atoms with Gasteiger partial charge >= 0.3 is 11.9 Å². The van der Waals surface area contributed by atoms with Gasteiger partial charge in [0.15, 0.2) is 12.3 Å². The number of esters is 2. The molecule has 0 spiro atoms. The van der Waals surface area contributed by atoms with Crippen LogP contribution in [-0.2, 0) is 23.7 Å². The highest BCUT2D eigenvalue weighted by molar-refractivity contribution is 9.10. The van der Waals surface area contributed by atoms with Crippen LogP contribution < -0.4 is 5.73 Å². The van der Waals surface area contributed by atoms with E-state index in [-0.39, 0.29) is 18.0 Å². The molecule has 11 nitrogen and oxygen atoms in total. The van der Waals surface area contributed by atoms with Crippen LogP contribution in [0, 0.1) is 11.3 Å². The number of halogens is 1. The van der Waals surface area contributed by atoms with E-state index in [4.69, 9.17) is 24.7 Å². The molecule has 12 heteroatoms. The lowest BCUT2D eigenvalue weighted by atomic mass is 10.1. The molecule has 1 aliphatic heterocycles. The number of hydrogen-bond donors (Lipinski definition) is 1. The van der Waals surface area contributed by atoms with Crippen LogP contribution in [-0.4, -0.2) is 58.5 Å². The number of hydrogen-bond acceptors (Lipinski definition) is 10. The SMILES string of the molecule is CO[C@H]1[C@@H](OC(C)=O)[C@H](n2c(Br)c(C#N)c3c(N)ncnc32)O[C@@H]1COC(=O)c1ccccc1. The van der Waals surface area contributed by atoms with E-state index in [1.165, 1.54) is 20.4 Å². The van der Waals surface area contributed by atoms with Crippen LogP contribution >= 0.6 is 15.9 Å². The molecule has 2 N–H and O–H groups in total. The summed E-state index contributed by atoms with van der Waals surface area (Å²) in [7, 11) is 1.43. The first-order chi connectivity index (χ1) is 16.4. The van der Waals surface area contributed by atoms with Crippen molar-refractivity contribution in [1.29, 1.82) is 5.26 Å². The Labute approximate surface area is 202 Å². The standard InChI is InChI=1S/C22H20BrN5O6/c1-11(29)33-17-16(31-2)14(9-32-22(30)12-6-4-3-5-7-12)34-21(17)28-18(23)13(8-24)15-19(25)26-10-27-20(15)28/h3-7,10,14,16-17,21H,9H2,1-2H3,(H2,25,26,27)/t14-,16-,17-,21-/m1/s1. The number of benzene rings is 1. The lowest BCUT2D eigenvalue weighted by molar-refractivity contribution is -0.156. The minimum absolute atomic E-state index is 0.111. The van der Waals surface area contributed by atoms with E-state index in [2.05, 4.69) is 32.0 Å². The van der Waals surface area contributed by atoms with E-state index >= 15 is 0 Å². The van der Waals surface area contributed by atoms with E-state index in [0.717, 1.165) is 0 Å². The molecule has 0 radical (unpaired) electrons. The first kappa shape index (κ1) is 23.6. The molecule has 4 atom stereocenters. The molecule has 0 saturated carbocycles. The molecule has 4 rings (SSSR count). The highest BCUT2D eigenvalue weighted by Crippen LogP contribution is 2.41. The van der Waals surface area contributed by atoms with E-state index < -0.39 is 36.5 Å². The number of nitrogens with zero attached hydrogens (tertiary/aromatic N) is 4. The van der Waals surface area contributed by atoms with Gasteiger partial charge in [-0.05, 0) is 28.1 Å². The number of methoxy groups -OCH3 is 1. The Balaban J connectivity index is 1.70. The Kier molecular flexibility index (Phi) is 6.78. The summed E-state index contributed by atoms with van der Waals surface area (Å²) in [6.07, 6.45) is -2.24. The second kappa shape index (κ2) is 9.76. The maximum Gasteiger partial charge on any atom is 0.338 e. The van der Waals surface area contributed by atoms with Crippen molar-refractivity contribution in [3.8, 4) is 6.07 Å². The zero-order valence-electron chi connectivity index (χ0n) is 18.2. The predicted octanol–water partition coefficient (Wildman–Crippen LogP) is 2.35. The number of nitriles is 1. The summed E-state index contributed by atoms with van der Waals surface area (Å²) in [4.78, 5) is 32.6. The molecule has 1 fully saturated rings. The summed E-state index contributed by atoms with van der Waals surface area (Å²) in [6.45, 7) is 1.09. The number of carbonyl (C=O) groups is 2. The van der Waals surface area contributed by atoms with Crippen LogP contribution in [0.25, 0.3) is 11.0 Å². The van der Waals surface area contributed by atoms with Crippen molar-refractivity contribution in [2.75, 3.05) is 19.5 Å². The maximum atomic E-state index is 12.4. The van der Waals surface area contributed by atoms with Crippen molar-refractivity contribution in [1.82, 2.24) is 14.5 Å². The van der Waals surface area contributed by atoms with E-state index in [9.17, 15) is 14.9 Å². The molecule has 0 bridgehead atoms. The van der Waals surface area contributed by atoms with Gasteiger partial charge in [-0.25, -0.2) is 14.8 Å². The smallest absolute Gasteiger partial charge is 0.338 e. The minimum atomic E-state index is -0.970. The molecular weight excluding hydrogens is 510 g/mol. The molecule has 1 aromatic carbocycles. The summed E-state index contributed by atoms with van der Waals surface area (Å²) in [5.41, 5.74) is 6.88. The monoisotopic (exact) mass is 529 g/mol. The molecule has 1 saturated heterocycles. The van der Waals surface area contributed by atoms with Gasteiger partial charge in [0.2, 0.25) is 0 Å². The molecular formula is C22H20BrN5O6. The fraction of sp³-hybridized carbons (Fsp3) is 0.318. The normalized spacial score (nSPS) is 21.8. The number of anilines is 1. The zero-order chi connectivity index (χ0) is 24.4. The van der Waals surface area contributed by atoms with Gasteiger partial charge < -0.3 is 24.7 Å². The first-order valence-electron chi connectivity index (χ1n) is 10.1. The minimum Gasteiger partial charge on any atom is -0.459 e. The third-order valence-corrected chi connectivity index (χ3v) is 6.15. The van der Waals surface area contributed by atoms with Gasteiger partial charge in [0.1, 0.15) is 47.3 Å². The Morgan fingerprint density at radius 3 is 2.65 bits per heavy atom. The van der Waals surface area contributed by atoms with Crippen LogP contribution in [0.1, 0.15) is 29.1 Å². The van der Waals surface area contributed by atoms with Gasteiger partial charge in [0.25, 0.3) is 0 Å². The molecule has 3 heterocycles. The summed E-state index contributed by atoms with van der Waals surface area (Å²) < 4.78 is 24.6. The molecule has 34 heavy (non-hydrogen) atoms. The quantitative estimate of drug-likeness (QED) is 0.470. The highest BCUT2D eigenvalue weighted by Gasteiger charge is 2.50. The number of nitrogen functional groups attached to an aromatic ring is 1. The third-order valence-electron chi connectivity index (χ3n) is 5.37. The van der Waals surface area contributed by atoms with Gasteiger partial charge in [-0.15, -0.1) is 0 Å². The van der Waals surface area contributed by atoms with Crippen LogP contribution in [0.2, 0.25) is 0 Å². The fourth-order valence-electron chi connectivity index (χ4n) is 3.93. The van der Waals surface area contributed by atoms with Gasteiger partial charge in [0, 0.05) is 14.0 Å². The van der Waals surface area contributed by atoms with Crippen LogP contribution in [0.4, 0.5) is 5.82 Å². The predicted molar refractivity (Wildman–Crippen MR) is 121 cm³/mol. The van der Waals surface area contributed by atoms with Crippen LogP contribution in [0.3, 0.4) is 0 Å². The molecule has 2 aromatic heterocycles. The molecule has 176 valence electrons. The Morgan fingerprint density at radius 2 is 2.00 bits per heavy atom. The molecule has 0 aliphatic carbocycles. The van der Waals surface area contributed by atoms with Crippen molar-refractivity contribution in [3.63, 3.8) is 0 Å². The van der Waals surface area contributed by atoms with Crippen LogP contribution in [0.15, 0.2) is 41.3 Å². The topological polar surface area (TPSA) is 152 Å². The van der Waals surface area contributed by atoms with Gasteiger partial charge in [0.05, 0.1) is 16.5 Å². The lowest BCUT2D eigenvalue weighted by Gasteiger charge is -2.24. The number of nitrogens with two attached hydrogens (primary N) is 1.